The number of carboxylic acids is 1. The molecule has 2 unspecified atom stereocenters. The van der Waals surface area contributed by atoms with Gasteiger partial charge in [0.25, 0.3) is 0 Å². The number of hydrogen-bond donors (Lipinski definition) is 3. The van der Waals surface area contributed by atoms with Crippen LogP contribution in [-0.2, 0) is 20.9 Å². The second-order valence-corrected chi connectivity index (χ2v) is 8.97. The average Bonchev–Trinajstić information content (AvgIpc) is 3.00. The number of hydrogen-bond acceptors (Lipinski definition) is 5. The fraction of sp³-hybridized carbons (Fsp3) is 0.286. The molecule has 2 heterocycles. The summed E-state index contributed by atoms with van der Waals surface area (Å²) in [5.74, 6) is -0.807. The van der Waals surface area contributed by atoms with E-state index < -0.39 is 5.97 Å². The summed E-state index contributed by atoms with van der Waals surface area (Å²) in [5.41, 5.74) is 3.45. The summed E-state index contributed by atoms with van der Waals surface area (Å²) < 4.78 is 0. The van der Waals surface area contributed by atoms with E-state index in [-0.39, 0.29) is 43.2 Å². The molecule has 0 spiro atoms. The van der Waals surface area contributed by atoms with Crippen LogP contribution in [0.15, 0.2) is 72.9 Å². The molecule has 186 valence electrons. The third-order valence-corrected chi connectivity index (χ3v) is 6.40. The van der Waals surface area contributed by atoms with Crippen LogP contribution in [0.4, 0.5) is 11.5 Å². The van der Waals surface area contributed by atoms with Crippen molar-refractivity contribution in [2.75, 3.05) is 16.8 Å². The maximum atomic E-state index is 12.8. The molecule has 0 aliphatic carbocycles. The van der Waals surface area contributed by atoms with Crippen molar-refractivity contribution in [3.63, 3.8) is 0 Å². The van der Waals surface area contributed by atoms with Crippen LogP contribution in [-0.4, -0.2) is 34.4 Å². The smallest absolute Gasteiger partial charge is 0.303 e. The van der Waals surface area contributed by atoms with E-state index in [1.54, 1.807) is 18.3 Å². The predicted octanol–water partition coefficient (Wildman–Crippen LogP) is 4.26. The standard InChI is InChI=1S/C28H30N4O4/c1-19(31-25-8-4-5-15-29-25)21-11-9-20(10-12-21)17-30-26(33)18-32-24-7-3-2-6-23(24)22(16-28(35)36)13-14-27(32)34/h2-12,15,19,22H,13-14,16-18H2,1H3,(H,29,31)(H,30,33)(H,35,36). The first kappa shape index (κ1) is 24.9. The third kappa shape index (κ3) is 6.27. The van der Waals surface area contributed by atoms with Crippen LogP contribution in [0.3, 0.4) is 0 Å². The van der Waals surface area contributed by atoms with Gasteiger partial charge in [-0.15, -0.1) is 0 Å². The van der Waals surface area contributed by atoms with E-state index in [0.29, 0.717) is 18.7 Å². The first-order valence-electron chi connectivity index (χ1n) is 12.0. The highest BCUT2D eigenvalue weighted by atomic mass is 16.4. The predicted molar refractivity (Wildman–Crippen MR) is 138 cm³/mol. The van der Waals surface area contributed by atoms with Crippen LogP contribution in [0.2, 0.25) is 0 Å². The van der Waals surface area contributed by atoms with Gasteiger partial charge in [0.2, 0.25) is 11.8 Å². The van der Waals surface area contributed by atoms with Gasteiger partial charge in [0.15, 0.2) is 0 Å². The van der Waals surface area contributed by atoms with Crippen molar-refractivity contribution in [1.29, 1.82) is 0 Å². The molecular weight excluding hydrogens is 456 g/mol. The number of fused-ring (bicyclic) bond motifs is 1. The lowest BCUT2D eigenvalue weighted by Gasteiger charge is -2.23. The Morgan fingerprint density at radius 3 is 2.56 bits per heavy atom. The largest absolute Gasteiger partial charge is 0.481 e. The van der Waals surface area contributed by atoms with E-state index in [4.69, 9.17) is 0 Å². The van der Waals surface area contributed by atoms with Crippen LogP contribution < -0.4 is 15.5 Å². The molecule has 1 aliphatic heterocycles. The molecule has 1 aliphatic rings. The number of benzene rings is 2. The molecule has 36 heavy (non-hydrogen) atoms. The van der Waals surface area contributed by atoms with Gasteiger partial charge in [-0.25, -0.2) is 4.98 Å². The Bertz CT molecular complexity index is 1210. The average molecular weight is 487 g/mol. The summed E-state index contributed by atoms with van der Waals surface area (Å²) in [6.07, 6.45) is 2.34. The van der Waals surface area contributed by atoms with Crippen molar-refractivity contribution in [2.24, 2.45) is 0 Å². The number of para-hydroxylation sites is 1. The maximum Gasteiger partial charge on any atom is 0.303 e. The number of carbonyl (C=O) groups is 3. The summed E-state index contributed by atoms with van der Waals surface area (Å²) in [4.78, 5) is 42.7. The van der Waals surface area contributed by atoms with Crippen molar-refractivity contribution >= 4 is 29.3 Å². The van der Waals surface area contributed by atoms with E-state index in [0.717, 1.165) is 22.5 Å². The molecule has 3 N–H and O–H groups in total. The number of nitrogens with zero attached hydrogens (tertiary/aromatic N) is 2. The minimum absolute atomic E-state index is 0.0453. The Kier molecular flexibility index (Phi) is 7.95. The molecule has 3 aromatic rings. The van der Waals surface area contributed by atoms with E-state index in [2.05, 4.69) is 22.5 Å². The SMILES string of the molecule is CC(Nc1ccccn1)c1ccc(CNC(=O)CN2C(=O)CCC(CC(=O)O)c3ccccc32)cc1. The number of rotatable bonds is 9. The Morgan fingerprint density at radius 1 is 1.08 bits per heavy atom. The van der Waals surface area contributed by atoms with Crippen LogP contribution in [0.5, 0.6) is 0 Å². The second kappa shape index (κ2) is 11.5. The molecule has 0 bridgehead atoms. The fourth-order valence-electron chi connectivity index (χ4n) is 4.47. The second-order valence-electron chi connectivity index (χ2n) is 8.97. The van der Waals surface area contributed by atoms with Gasteiger partial charge in [0.05, 0.1) is 6.42 Å². The quantitative estimate of drug-likeness (QED) is 0.417. The zero-order chi connectivity index (χ0) is 25.5. The van der Waals surface area contributed by atoms with E-state index in [1.807, 2.05) is 54.6 Å². The van der Waals surface area contributed by atoms with Crippen molar-refractivity contribution in [3.05, 3.63) is 89.6 Å². The molecule has 2 aromatic carbocycles. The summed E-state index contributed by atoms with van der Waals surface area (Å²) >= 11 is 0. The van der Waals surface area contributed by atoms with Crippen LogP contribution in [0.25, 0.3) is 0 Å². The normalized spacial score (nSPS) is 16.0. The summed E-state index contributed by atoms with van der Waals surface area (Å²) in [6, 6.07) is 21.0. The minimum atomic E-state index is -0.902. The molecule has 0 saturated heterocycles. The topological polar surface area (TPSA) is 112 Å². The van der Waals surface area contributed by atoms with E-state index in [9.17, 15) is 19.5 Å². The lowest BCUT2D eigenvalue weighted by atomic mass is 9.91. The highest BCUT2D eigenvalue weighted by molar-refractivity contribution is 6.00. The molecule has 0 radical (unpaired) electrons. The molecule has 8 heteroatoms. The summed E-state index contributed by atoms with van der Waals surface area (Å²) in [7, 11) is 0. The Balaban J connectivity index is 1.36. The van der Waals surface area contributed by atoms with E-state index >= 15 is 0 Å². The van der Waals surface area contributed by atoms with Gasteiger partial charge in [-0.3, -0.25) is 14.4 Å². The lowest BCUT2D eigenvalue weighted by Crippen LogP contribution is -2.40. The van der Waals surface area contributed by atoms with Crippen molar-refractivity contribution in [2.45, 2.75) is 44.7 Å². The molecule has 4 rings (SSSR count). The minimum Gasteiger partial charge on any atom is -0.481 e. The number of nitrogens with one attached hydrogen (secondary N) is 2. The molecule has 2 atom stereocenters. The summed E-state index contributed by atoms with van der Waals surface area (Å²) in [5, 5.41) is 15.5. The highest BCUT2D eigenvalue weighted by Crippen LogP contribution is 2.36. The van der Waals surface area contributed by atoms with Gasteiger partial charge in [-0.1, -0.05) is 48.5 Å². The monoisotopic (exact) mass is 486 g/mol. The Labute approximate surface area is 210 Å². The Morgan fingerprint density at radius 2 is 1.83 bits per heavy atom. The van der Waals surface area contributed by atoms with Crippen molar-refractivity contribution in [1.82, 2.24) is 10.3 Å². The zero-order valence-corrected chi connectivity index (χ0v) is 20.2. The maximum absolute atomic E-state index is 12.8. The van der Waals surface area contributed by atoms with Gasteiger partial charge >= 0.3 is 5.97 Å². The van der Waals surface area contributed by atoms with Crippen LogP contribution in [0, 0.1) is 0 Å². The first-order valence-corrected chi connectivity index (χ1v) is 12.0. The van der Waals surface area contributed by atoms with Gasteiger partial charge in [0, 0.05) is 30.9 Å². The van der Waals surface area contributed by atoms with Gasteiger partial charge in [-0.2, -0.15) is 0 Å². The number of pyridine rings is 1. The van der Waals surface area contributed by atoms with Gasteiger partial charge in [0.1, 0.15) is 12.4 Å². The number of amides is 2. The van der Waals surface area contributed by atoms with Crippen LogP contribution >= 0.6 is 0 Å². The van der Waals surface area contributed by atoms with Gasteiger partial charge in [-0.05, 0) is 54.2 Å². The van der Waals surface area contributed by atoms with Crippen molar-refractivity contribution in [3.8, 4) is 0 Å². The molecule has 1 aromatic heterocycles. The van der Waals surface area contributed by atoms with Crippen LogP contribution in [0.1, 0.15) is 54.8 Å². The number of aliphatic carboxylic acids is 1. The van der Waals surface area contributed by atoms with Crippen molar-refractivity contribution < 1.29 is 19.5 Å². The number of anilines is 2. The molecule has 0 saturated carbocycles. The zero-order valence-electron chi connectivity index (χ0n) is 20.2. The number of carboxylic acid groups (broad SMARTS) is 1. The van der Waals surface area contributed by atoms with Gasteiger partial charge < -0.3 is 20.6 Å². The molecular formula is C28H30N4O4. The number of carbonyl (C=O) groups excluding carboxylic acids is 2. The number of aromatic nitrogens is 1. The summed E-state index contributed by atoms with van der Waals surface area (Å²) in [6.45, 7) is 2.29. The molecule has 8 nitrogen and oxygen atoms in total. The third-order valence-electron chi connectivity index (χ3n) is 6.40. The Hall–Kier alpha value is -4.20. The molecule has 2 amide bonds. The first-order chi connectivity index (χ1) is 17.4. The lowest BCUT2D eigenvalue weighted by molar-refractivity contribution is -0.137. The highest BCUT2D eigenvalue weighted by Gasteiger charge is 2.30. The fourth-order valence-corrected chi connectivity index (χ4v) is 4.47. The molecule has 0 fully saturated rings. The van der Waals surface area contributed by atoms with E-state index in [1.165, 1.54) is 4.90 Å².